The van der Waals surface area contributed by atoms with Gasteiger partial charge in [-0.05, 0) is 24.6 Å². The molecule has 1 aliphatic heterocycles. The Hall–Kier alpha value is -1.97. The summed E-state index contributed by atoms with van der Waals surface area (Å²) < 4.78 is 32.1. The molecule has 0 bridgehead atoms. The summed E-state index contributed by atoms with van der Waals surface area (Å²) in [4.78, 5) is 19.2. The predicted octanol–water partition coefficient (Wildman–Crippen LogP) is 2.27. The van der Waals surface area contributed by atoms with Crippen LogP contribution >= 0.6 is 11.3 Å². The highest BCUT2D eigenvalue weighted by Crippen LogP contribution is 2.31. The number of esters is 1. The normalized spacial score (nSPS) is 14.6. The summed E-state index contributed by atoms with van der Waals surface area (Å²) in [5, 5.41) is 0.897. The second kappa shape index (κ2) is 7.95. The summed E-state index contributed by atoms with van der Waals surface area (Å²) in [6.45, 7) is 2.85. The maximum absolute atomic E-state index is 12.8. The summed E-state index contributed by atoms with van der Waals surface area (Å²) in [6, 6.07) is 6.53. The molecule has 1 aliphatic rings. The van der Waals surface area contributed by atoms with E-state index >= 15 is 0 Å². The van der Waals surface area contributed by atoms with E-state index in [1.54, 1.807) is 31.2 Å². The van der Waals surface area contributed by atoms with Crippen molar-refractivity contribution in [2.24, 2.45) is 0 Å². The van der Waals surface area contributed by atoms with Crippen LogP contribution in [0.2, 0.25) is 0 Å². The molecule has 0 aliphatic carbocycles. The SMILES string of the molecule is CCOC(=O)c1ccc(CS(=O)(=O)N2CCc3nc(N(C)C)sc3C2)cc1. The van der Waals surface area contributed by atoms with E-state index in [-0.39, 0.29) is 5.75 Å². The monoisotopic (exact) mass is 409 g/mol. The Kier molecular flexibility index (Phi) is 5.83. The predicted molar refractivity (Wildman–Crippen MR) is 106 cm³/mol. The highest BCUT2D eigenvalue weighted by atomic mass is 32.2. The standard InChI is InChI=1S/C18H23N3O4S2/c1-4-25-17(22)14-7-5-13(6-8-14)12-27(23,24)21-10-9-15-16(11-21)26-18(19-15)20(2)3/h5-8H,4,9-12H2,1-3H3. The lowest BCUT2D eigenvalue weighted by Crippen LogP contribution is -2.36. The minimum Gasteiger partial charge on any atom is -0.462 e. The van der Waals surface area contributed by atoms with Gasteiger partial charge in [0.2, 0.25) is 10.0 Å². The summed E-state index contributed by atoms with van der Waals surface area (Å²) >= 11 is 1.54. The summed E-state index contributed by atoms with van der Waals surface area (Å²) in [7, 11) is 0.408. The number of hydrogen-bond donors (Lipinski definition) is 0. The van der Waals surface area contributed by atoms with E-state index in [0.29, 0.717) is 37.2 Å². The van der Waals surface area contributed by atoms with E-state index in [9.17, 15) is 13.2 Å². The highest BCUT2D eigenvalue weighted by Gasteiger charge is 2.29. The number of aromatic nitrogens is 1. The van der Waals surface area contributed by atoms with Gasteiger partial charge in [0.25, 0.3) is 0 Å². The molecule has 9 heteroatoms. The van der Waals surface area contributed by atoms with Crippen LogP contribution in [0.15, 0.2) is 24.3 Å². The minimum atomic E-state index is -3.45. The van der Waals surface area contributed by atoms with Gasteiger partial charge < -0.3 is 9.64 Å². The summed E-state index contributed by atoms with van der Waals surface area (Å²) in [5.41, 5.74) is 2.06. The Morgan fingerprint density at radius 2 is 2.00 bits per heavy atom. The molecular weight excluding hydrogens is 386 g/mol. The number of carbonyl (C=O) groups excluding carboxylic acids is 1. The van der Waals surface area contributed by atoms with Crippen molar-refractivity contribution in [3.63, 3.8) is 0 Å². The van der Waals surface area contributed by atoms with Crippen LogP contribution in [0.3, 0.4) is 0 Å². The fourth-order valence-corrected chi connectivity index (χ4v) is 5.46. The molecule has 0 saturated carbocycles. The molecule has 0 radical (unpaired) electrons. The zero-order chi connectivity index (χ0) is 19.6. The molecule has 0 saturated heterocycles. The zero-order valence-electron chi connectivity index (χ0n) is 15.6. The zero-order valence-corrected chi connectivity index (χ0v) is 17.3. The summed E-state index contributed by atoms with van der Waals surface area (Å²) in [6.07, 6.45) is 0.626. The number of rotatable bonds is 6. The molecule has 27 heavy (non-hydrogen) atoms. The maximum Gasteiger partial charge on any atom is 0.338 e. The first-order valence-corrected chi connectivity index (χ1v) is 11.1. The molecule has 146 valence electrons. The van der Waals surface area contributed by atoms with Gasteiger partial charge in [0, 0.05) is 38.5 Å². The largest absolute Gasteiger partial charge is 0.462 e. The van der Waals surface area contributed by atoms with Gasteiger partial charge in [-0.2, -0.15) is 4.31 Å². The van der Waals surface area contributed by atoms with Crippen molar-refractivity contribution in [2.75, 3.05) is 32.1 Å². The number of nitrogens with zero attached hydrogens (tertiary/aromatic N) is 3. The molecule has 0 unspecified atom stereocenters. The number of hydrogen-bond acceptors (Lipinski definition) is 7. The van der Waals surface area contributed by atoms with Gasteiger partial charge in [0.1, 0.15) is 0 Å². The number of carbonyl (C=O) groups is 1. The average Bonchev–Trinajstić information content (AvgIpc) is 3.06. The van der Waals surface area contributed by atoms with Gasteiger partial charge in [-0.3, -0.25) is 0 Å². The first kappa shape index (κ1) is 19.8. The molecule has 0 N–H and O–H groups in total. The Bertz CT molecular complexity index is 921. The molecule has 1 aromatic heterocycles. The number of fused-ring (bicyclic) bond motifs is 1. The molecule has 2 heterocycles. The molecule has 1 aromatic carbocycles. The first-order valence-electron chi connectivity index (χ1n) is 8.70. The first-order chi connectivity index (χ1) is 12.8. The van der Waals surface area contributed by atoms with Crippen molar-refractivity contribution in [1.29, 1.82) is 0 Å². The van der Waals surface area contributed by atoms with Crippen molar-refractivity contribution in [1.82, 2.24) is 9.29 Å². The van der Waals surface area contributed by atoms with E-state index in [1.807, 2.05) is 19.0 Å². The molecule has 0 fully saturated rings. The fourth-order valence-electron chi connectivity index (χ4n) is 2.84. The third-order valence-electron chi connectivity index (χ3n) is 4.28. The van der Waals surface area contributed by atoms with E-state index in [1.165, 1.54) is 15.6 Å². The van der Waals surface area contributed by atoms with Gasteiger partial charge in [0.05, 0.1) is 23.6 Å². The minimum absolute atomic E-state index is 0.0925. The number of ether oxygens (including phenoxy) is 1. The van der Waals surface area contributed by atoms with Crippen LogP contribution in [-0.2, 0) is 33.5 Å². The maximum atomic E-state index is 12.8. The lowest BCUT2D eigenvalue weighted by Gasteiger charge is -2.25. The second-order valence-corrected chi connectivity index (χ2v) is 9.55. The van der Waals surface area contributed by atoms with Gasteiger partial charge in [-0.1, -0.05) is 12.1 Å². The van der Waals surface area contributed by atoms with Crippen LogP contribution in [0, 0.1) is 0 Å². The number of thiazole rings is 1. The van der Waals surface area contributed by atoms with Crippen LogP contribution in [0.1, 0.15) is 33.4 Å². The van der Waals surface area contributed by atoms with Crippen molar-refractivity contribution in [3.05, 3.63) is 46.0 Å². The Balaban J connectivity index is 1.70. The Morgan fingerprint density at radius 3 is 2.63 bits per heavy atom. The van der Waals surface area contributed by atoms with Crippen molar-refractivity contribution in [2.45, 2.75) is 25.6 Å². The molecule has 0 atom stereocenters. The van der Waals surface area contributed by atoms with E-state index in [4.69, 9.17) is 4.74 Å². The summed E-state index contributed by atoms with van der Waals surface area (Å²) in [5.74, 6) is -0.498. The van der Waals surface area contributed by atoms with Crippen LogP contribution in [-0.4, -0.2) is 50.9 Å². The highest BCUT2D eigenvalue weighted by molar-refractivity contribution is 7.88. The van der Waals surface area contributed by atoms with E-state index in [2.05, 4.69) is 4.98 Å². The third kappa shape index (κ3) is 4.48. The topological polar surface area (TPSA) is 79.8 Å². The van der Waals surface area contributed by atoms with Crippen molar-refractivity contribution >= 4 is 32.5 Å². The number of sulfonamides is 1. The van der Waals surface area contributed by atoms with Crippen molar-refractivity contribution < 1.29 is 17.9 Å². The van der Waals surface area contributed by atoms with Gasteiger partial charge in [0.15, 0.2) is 5.13 Å². The lowest BCUT2D eigenvalue weighted by molar-refractivity contribution is 0.0526. The second-order valence-electron chi connectivity index (χ2n) is 6.52. The van der Waals surface area contributed by atoms with Gasteiger partial charge in [-0.15, -0.1) is 11.3 Å². The van der Waals surface area contributed by atoms with E-state index < -0.39 is 16.0 Å². The van der Waals surface area contributed by atoms with Crippen LogP contribution < -0.4 is 4.90 Å². The Morgan fingerprint density at radius 1 is 1.30 bits per heavy atom. The molecule has 3 rings (SSSR count). The molecular formula is C18H23N3O4S2. The number of anilines is 1. The fraction of sp³-hybridized carbons (Fsp3) is 0.444. The molecule has 7 nitrogen and oxygen atoms in total. The third-order valence-corrected chi connectivity index (χ3v) is 7.32. The lowest BCUT2D eigenvalue weighted by atomic mass is 10.1. The molecule has 0 spiro atoms. The van der Waals surface area contributed by atoms with Crippen molar-refractivity contribution in [3.8, 4) is 0 Å². The smallest absolute Gasteiger partial charge is 0.338 e. The van der Waals surface area contributed by atoms with Crippen LogP contribution in [0.25, 0.3) is 0 Å². The molecule has 0 amide bonds. The van der Waals surface area contributed by atoms with Gasteiger partial charge in [-0.25, -0.2) is 18.2 Å². The molecule has 2 aromatic rings. The van der Waals surface area contributed by atoms with Crippen LogP contribution in [0.5, 0.6) is 0 Å². The van der Waals surface area contributed by atoms with Crippen LogP contribution in [0.4, 0.5) is 5.13 Å². The Labute approximate surface area is 163 Å². The number of benzene rings is 1. The van der Waals surface area contributed by atoms with Gasteiger partial charge >= 0.3 is 5.97 Å². The average molecular weight is 410 g/mol. The van der Waals surface area contributed by atoms with E-state index in [0.717, 1.165) is 15.7 Å². The quantitative estimate of drug-likeness (QED) is 0.681.